The average Bonchev–Trinajstić information content (AvgIpc) is 3.62. The maximum absolute atomic E-state index is 6.15. The summed E-state index contributed by atoms with van der Waals surface area (Å²) in [6.45, 7) is 7.17. The van der Waals surface area contributed by atoms with E-state index in [-0.39, 0.29) is 5.41 Å². The molecule has 3 heterocycles. The zero-order valence-corrected chi connectivity index (χ0v) is 21.7. The topological polar surface area (TPSA) is 64.3 Å². The van der Waals surface area contributed by atoms with Gasteiger partial charge in [-0.25, -0.2) is 9.97 Å². The molecule has 2 fully saturated rings. The fraction of sp³-hybridized carbons (Fsp3) is 0.448. The molecule has 3 aromatic rings. The maximum Gasteiger partial charge on any atom is 0.166 e. The molecule has 0 amide bonds. The lowest BCUT2D eigenvalue weighted by molar-refractivity contribution is 0.255. The van der Waals surface area contributed by atoms with Gasteiger partial charge < -0.3 is 15.4 Å². The van der Waals surface area contributed by atoms with E-state index in [1.807, 2.05) is 24.5 Å². The Morgan fingerprint density at radius 1 is 1.11 bits per heavy atom. The highest BCUT2D eigenvalue weighted by atomic mass is 32.1. The van der Waals surface area contributed by atoms with E-state index in [1.165, 1.54) is 30.7 Å². The summed E-state index contributed by atoms with van der Waals surface area (Å²) in [6.07, 6.45) is 8.70. The van der Waals surface area contributed by atoms with Crippen LogP contribution >= 0.6 is 11.3 Å². The molecular formula is C29H34N4OS. The van der Waals surface area contributed by atoms with Gasteiger partial charge in [-0.3, -0.25) is 0 Å². The van der Waals surface area contributed by atoms with Crippen LogP contribution in [-0.4, -0.2) is 35.0 Å². The molecule has 1 aliphatic heterocycles. The summed E-state index contributed by atoms with van der Waals surface area (Å²) in [5.74, 6) is 9.13. The number of nitrogen functional groups attached to an aromatic ring is 1. The normalized spacial score (nSPS) is 17.1. The van der Waals surface area contributed by atoms with Gasteiger partial charge in [0.1, 0.15) is 6.61 Å². The van der Waals surface area contributed by atoms with E-state index in [4.69, 9.17) is 15.5 Å². The van der Waals surface area contributed by atoms with Crippen LogP contribution < -0.4 is 10.5 Å². The Hall–Kier alpha value is -2.88. The quantitative estimate of drug-likeness (QED) is 0.435. The second kappa shape index (κ2) is 10.0. The summed E-state index contributed by atoms with van der Waals surface area (Å²) in [7, 11) is 2.19. The first-order chi connectivity index (χ1) is 16.9. The van der Waals surface area contributed by atoms with Crippen LogP contribution in [0.5, 0.6) is 5.75 Å². The van der Waals surface area contributed by atoms with Crippen molar-refractivity contribution in [2.24, 2.45) is 11.3 Å². The first kappa shape index (κ1) is 23.8. The molecular weight excluding hydrogens is 452 g/mol. The van der Waals surface area contributed by atoms with Crippen LogP contribution in [0.25, 0.3) is 10.4 Å². The summed E-state index contributed by atoms with van der Waals surface area (Å²) in [4.78, 5) is 12.6. The van der Waals surface area contributed by atoms with E-state index < -0.39 is 0 Å². The van der Waals surface area contributed by atoms with Gasteiger partial charge in [0.15, 0.2) is 11.6 Å². The molecule has 0 radical (unpaired) electrons. The highest BCUT2D eigenvalue weighted by Gasteiger charge is 2.36. The molecule has 0 spiro atoms. The van der Waals surface area contributed by atoms with E-state index in [2.05, 4.69) is 60.8 Å². The molecule has 5 nitrogen and oxygen atoms in total. The van der Waals surface area contributed by atoms with Gasteiger partial charge in [0.25, 0.3) is 0 Å². The third-order valence-corrected chi connectivity index (χ3v) is 8.41. The molecule has 1 saturated heterocycles. The Bertz CT molecular complexity index is 1240. The molecule has 35 heavy (non-hydrogen) atoms. The molecule has 1 saturated carbocycles. The standard InChI is InChI=1S/C29H34N4OS/c1-29(2,24-7-8-24)12-9-20-5-4-6-21(15-20)19-34-25-16-23(17-31-27(25)30)26-18-32-28(35-26)22-10-13-33(3)14-11-22/h4-6,15-18,22,24H,7-8,10-11,13-14,19H2,1-3H3,(H2,30,31). The third kappa shape index (κ3) is 5.86. The smallest absolute Gasteiger partial charge is 0.166 e. The molecule has 182 valence electrons. The minimum absolute atomic E-state index is 0.0803. The molecule has 2 aliphatic rings. The highest BCUT2D eigenvalue weighted by molar-refractivity contribution is 7.15. The number of piperidine rings is 1. The number of nitrogens with zero attached hydrogens (tertiary/aromatic N) is 3. The van der Waals surface area contributed by atoms with Crippen molar-refractivity contribution in [2.45, 2.75) is 52.1 Å². The Morgan fingerprint density at radius 3 is 2.69 bits per heavy atom. The molecule has 0 atom stereocenters. The summed E-state index contributed by atoms with van der Waals surface area (Å²) in [6, 6.07) is 10.2. The molecule has 6 heteroatoms. The first-order valence-electron chi connectivity index (χ1n) is 12.5. The Morgan fingerprint density at radius 2 is 1.91 bits per heavy atom. The van der Waals surface area contributed by atoms with Gasteiger partial charge in [0.05, 0.1) is 9.88 Å². The number of aromatic nitrogens is 2. The monoisotopic (exact) mass is 486 g/mol. The lowest BCUT2D eigenvalue weighted by Crippen LogP contribution is -2.29. The maximum atomic E-state index is 6.15. The predicted molar refractivity (Wildman–Crippen MR) is 143 cm³/mol. The number of anilines is 1. The van der Waals surface area contributed by atoms with Crippen molar-refractivity contribution in [1.29, 1.82) is 0 Å². The van der Waals surface area contributed by atoms with Gasteiger partial charge >= 0.3 is 0 Å². The first-order valence-corrected chi connectivity index (χ1v) is 13.3. The molecule has 2 aromatic heterocycles. The van der Waals surface area contributed by atoms with Crippen molar-refractivity contribution in [3.63, 3.8) is 0 Å². The number of hydrogen-bond acceptors (Lipinski definition) is 6. The fourth-order valence-electron chi connectivity index (χ4n) is 4.61. The molecule has 1 aromatic carbocycles. The van der Waals surface area contributed by atoms with Gasteiger partial charge in [0.2, 0.25) is 0 Å². The van der Waals surface area contributed by atoms with E-state index in [0.717, 1.165) is 40.6 Å². The largest absolute Gasteiger partial charge is 0.485 e. The van der Waals surface area contributed by atoms with Gasteiger partial charge in [0, 0.05) is 34.9 Å². The summed E-state index contributed by atoms with van der Waals surface area (Å²) in [5, 5.41) is 1.22. The highest BCUT2D eigenvalue weighted by Crippen LogP contribution is 2.44. The van der Waals surface area contributed by atoms with Gasteiger partial charge in [-0.2, -0.15) is 0 Å². The van der Waals surface area contributed by atoms with Crippen molar-refractivity contribution < 1.29 is 4.74 Å². The Balaban J connectivity index is 1.26. The van der Waals surface area contributed by atoms with Crippen molar-refractivity contribution >= 4 is 17.2 Å². The van der Waals surface area contributed by atoms with Crippen LogP contribution in [-0.2, 0) is 6.61 Å². The van der Waals surface area contributed by atoms with Gasteiger partial charge in [-0.15, -0.1) is 11.3 Å². The van der Waals surface area contributed by atoms with Gasteiger partial charge in [-0.1, -0.05) is 24.0 Å². The number of ether oxygens (including phenoxy) is 1. The predicted octanol–water partition coefficient (Wildman–Crippen LogP) is 5.96. The fourth-order valence-corrected chi connectivity index (χ4v) is 5.68. The molecule has 0 bridgehead atoms. The van der Waals surface area contributed by atoms with E-state index in [1.54, 1.807) is 11.3 Å². The number of likely N-dealkylation sites (tertiary alicyclic amines) is 1. The number of benzene rings is 1. The van der Waals surface area contributed by atoms with Gasteiger partial charge in [-0.05, 0) is 89.3 Å². The Labute approximate surface area is 212 Å². The average molecular weight is 487 g/mol. The van der Waals surface area contributed by atoms with Crippen LogP contribution in [0.4, 0.5) is 5.82 Å². The van der Waals surface area contributed by atoms with E-state index >= 15 is 0 Å². The number of nitrogens with two attached hydrogens (primary N) is 1. The molecule has 5 rings (SSSR count). The molecule has 2 N–H and O–H groups in total. The van der Waals surface area contributed by atoms with Crippen LogP contribution in [0, 0.1) is 23.2 Å². The van der Waals surface area contributed by atoms with E-state index in [0.29, 0.717) is 24.1 Å². The van der Waals surface area contributed by atoms with Crippen LogP contribution in [0.1, 0.15) is 61.6 Å². The number of rotatable bonds is 6. The minimum Gasteiger partial charge on any atom is -0.485 e. The van der Waals surface area contributed by atoms with Crippen molar-refractivity contribution in [3.05, 3.63) is 58.9 Å². The van der Waals surface area contributed by atoms with Crippen molar-refractivity contribution in [3.8, 4) is 28.0 Å². The summed E-state index contributed by atoms with van der Waals surface area (Å²) >= 11 is 1.76. The van der Waals surface area contributed by atoms with E-state index in [9.17, 15) is 0 Å². The Kier molecular flexibility index (Phi) is 6.82. The number of hydrogen-bond donors (Lipinski definition) is 1. The number of thiazole rings is 1. The zero-order valence-electron chi connectivity index (χ0n) is 20.9. The minimum atomic E-state index is 0.0803. The summed E-state index contributed by atoms with van der Waals surface area (Å²) in [5.41, 5.74) is 9.31. The molecule has 0 unspecified atom stereocenters. The number of pyridine rings is 1. The lowest BCUT2D eigenvalue weighted by atomic mass is 9.88. The second-order valence-electron chi connectivity index (χ2n) is 10.5. The van der Waals surface area contributed by atoms with Crippen LogP contribution in [0.2, 0.25) is 0 Å². The van der Waals surface area contributed by atoms with Crippen molar-refractivity contribution in [2.75, 3.05) is 25.9 Å². The SMILES string of the molecule is CN1CCC(c2ncc(-c3cnc(N)c(OCc4cccc(C#CC(C)(C)C5CC5)c4)c3)s2)CC1. The second-order valence-corrected chi connectivity index (χ2v) is 11.5. The zero-order chi connectivity index (χ0) is 24.4. The van der Waals surface area contributed by atoms with Crippen LogP contribution in [0.3, 0.4) is 0 Å². The van der Waals surface area contributed by atoms with Crippen molar-refractivity contribution in [1.82, 2.24) is 14.9 Å². The molecule has 1 aliphatic carbocycles. The lowest BCUT2D eigenvalue weighted by Gasteiger charge is -2.27. The third-order valence-electron chi connectivity index (χ3n) is 7.21. The summed E-state index contributed by atoms with van der Waals surface area (Å²) < 4.78 is 6.11. The van der Waals surface area contributed by atoms with Crippen LogP contribution in [0.15, 0.2) is 42.7 Å².